The Labute approximate surface area is 189 Å². The fourth-order valence-electron chi connectivity index (χ4n) is 3.30. The van der Waals surface area contributed by atoms with Crippen LogP contribution >= 0.6 is 11.3 Å². The topological polar surface area (TPSA) is 123 Å². The Kier molecular flexibility index (Phi) is 5.71. The molecule has 0 bridgehead atoms. The van der Waals surface area contributed by atoms with Gasteiger partial charge in [-0.2, -0.15) is 10.4 Å². The molecule has 0 radical (unpaired) electrons. The molecule has 0 saturated heterocycles. The minimum Gasteiger partial charge on any atom is -0.401 e. The van der Waals surface area contributed by atoms with Crippen molar-refractivity contribution in [3.8, 4) is 17.3 Å². The van der Waals surface area contributed by atoms with Crippen LogP contribution in [0.4, 0.5) is 5.13 Å². The molecule has 160 valence electrons. The standard InChI is InChI=1S/C23H21N7OS/c1-13(2)30-21-18(11-26-30)16(9-19(27-21)15-7-5-4-6-8-15)22(31)29-23-28-20(12-32-23)17(10-24)14(3)25/h4-9,11-13H,25H2,1-3H3,(H,28,29,31)/b17-14+. The third-order valence-electron chi connectivity index (χ3n) is 4.86. The number of nitrogens with zero attached hydrogens (tertiary/aromatic N) is 5. The summed E-state index contributed by atoms with van der Waals surface area (Å²) in [6.07, 6.45) is 1.66. The van der Waals surface area contributed by atoms with E-state index in [0.717, 1.165) is 5.56 Å². The first-order chi connectivity index (χ1) is 15.4. The molecule has 9 heteroatoms. The highest BCUT2D eigenvalue weighted by atomic mass is 32.1. The van der Waals surface area contributed by atoms with E-state index < -0.39 is 0 Å². The number of nitriles is 1. The van der Waals surface area contributed by atoms with E-state index >= 15 is 0 Å². The van der Waals surface area contributed by atoms with Gasteiger partial charge in [0.15, 0.2) is 10.8 Å². The maximum Gasteiger partial charge on any atom is 0.258 e. The largest absolute Gasteiger partial charge is 0.401 e. The first-order valence-corrected chi connectivity index (χ1v) is 10.8. The molecule has 0 atom stereocenters. The van der Waals surface area contributed by atoms with Gasteiger partial charge < -0.3 is 5.73 Å². The number of carbonyl (C=O) groups excluding carboxylic acids is 1. The smallest absolute Gasteiger partial charge is 0.258 e. The molecule has 0 aliphatic carbocycles. The van der Waals surface area contributed by atoms with Crippen molar-refractivity contribution in [2.75, 3.05) is 5.32 Å². The van der Waals surface area contributed by atoms with Crippen LogP contribution in [0.5, 0.6) is 0 Å². The lowest BCUT2D eigenvalue weighted by molar-refractivity contribution is 0.102. The number of anilines is 1. The minimum absolute atomic E-state index is 0.0825. The highest BCUT2D eigenvalue weighted by Crippen LogP contribution is 2.28. The van der Waals surface area contributed by atoms with E-state index in [9.17, 15) is 10.1 Å². The lowest BCUT2D eigenvalue weighted by Crippen LogP contribution is -2.13. The van der Waals surface area contributed by atoms with Crippen molar-refractivity contribution in [3.63, 3.8) is 0 Å². The Bertz CT molecular complexity index is 1370. The molecule has 3 aromatic heterocycles. The number of pyridine rings is 1. The highest BCUT2D eigenvalue weighted by molar-refractivity contribution is 7.14. The van der Waals surface area contributed by atoms with Crippen molar-refractivity contribution in [1.29, 1.82) is 5.26 Å². The molecular weight excluding hydrogens is 422 g/mol. The van der Waals surface area contributed by atoms with Crippen molar-refractivity contribution >= 4 is 39.0 Å². The van der Waals surface area contributed by atoms with E-state index in [-0.39, 0.29) is 17.5 Å². The van der Waals surface area contributed by atoms with Gasteiger partial charge in [-0.3, -0.25) is 10.1 Å². The second kappa shape index (κ2) is 8.61. The van der Waals surface area contributed by atoms with Gasteiger partial charge in [-0.15, -0.1) is 11.3 Å². The summed E-state index contributed by atoms with van der Waals surface area (Å²) in [4.78, 5) is 22.4. The molecule has 32 heavy (non-hydrogen) atoms. The Balaban J connectivity index is 1.77. The lowest BCUT2D eigenvalue weighted by atomic mass is 10.1. The SMILES string of the molecule is C/C(N)=C(/C#N)c1csc(NC(=O)c2cc(-c3ccccc3)nc3c2cnn3C(C)C)n1. The summed E-state index contributed by atoms with van der Waals surface area (Å²) in [5, 5.41) is 19.3. The van der Waals surface area contributed by atoms with Gasteiger partial charge in [0.1, 0.15) is 6.07 Å². The number of aromatic nitrogens is 4. The van der Waals surface area contributed by atoms with E-state index in [4.69, 9.17) is 10.7 Å². The van der Waals surface area contributed by atoms with Gasteiger partial charge in [0.05, 0.1) is 34.1 Å². The molecule has 4 aromatic rings. The molecule has 0 fully saturated rings. The summed E-state index contributed by atoms with van der Waals surface area (Å²) in [6, 6.07) is 13.6. The van der Waals surface area contributed by atoms with E-state index in [2.05, 4.69) is 15.4 Å². The van der Waals surface area contributed by atoms with Gasteiger partial charge in [0, 0.05) is 22.7 Å². The van der Waals surface area contributed by atoms with Gasteiger partial charge >= 0.3 is 0 Å². The summed E-state index contributed by atoms with van der Waals surface area (Å²) in [6.45, 7) is 5.67. The quantitative estimate of drug-likeness (QED) is 0.435. The second-order valence-corrected chi connectivity index (χ2v) is 8.36. The maximum absolute atomic E-state index is 13.3. The predicted molar refractivity (Wildman–Crippen MR) is 126 cm³/mol. The molecule has 0 aliphatic rings. The summed E-state index contributed by atoms with van der Waals surface area (Å²) in [5.74, 6) is -0.328. The molecule has 4 rings (SSSR count). The van der Waals surface area contributed by atoms with Crippen molar-refractivity contribution < 1.29 is 4.79 Å². The van der Waals surface area contributed by atoms with Gasteiger partial charge in [0.25, 0.3) is 5.91 Å². The van der Waals surface area contributed by atoms with Crippen LogP contribution in [0.25, 0.3) is 27.9 Å². The Morgan fingerprint density at radius 3 is 2.66 bits per heavy atom. The molecule has 1 aromatic carbocycles. The van der Waals surface area contributed by atoms with Crippen molar-refractivity contribution in [3.05, 3.63) is 64.9 Å². The number of fused-ring (bicyclic) bond motifs is 1. The van der Waals surface area contributed by atoms with E-state index in [1.165, 1.54) is 11.3 Å². The lowest BCUT2D eigenvalue weighted by Gasteiger charge is -2.10. The zero-order valence-corrected chi connectivity index (χ0v) is 18.6. The number of benzene rings is 1. The molecule has 0 aliphatic heterocycles. The third-order valence-corrected chi connectivity index (χ3v) is 5.61. The third kappa shape index (κ3) is 3.96. The number of thiazole rings is 1. The zero-order chi connectivity index (χ0) is 22.8. The molecule has 1 amide bonds. The highest BCUT2D eigenvalue weighted by Gasteiger charge is 2.20. The summed E-state index contributed by atoms with van der Waals surface area (Å²) in [7, 11) is 0. The average Bonchev–Trinajstić information content (AvgIpc) is 3.41. The second-order valence-electron chi connectivity index (χ2n) is 7.50. The molecule has 3 heterocycles. The normalized spacial score (nSPS) is 12.0. The first-order valence-electron chi connectivity index (χ1n) is 9.96. The molecule has 0 saturated carbocycles. The Morgan fingerprint density at radius 2 is 2.00 bits per heavy atom. The van der Waals surface area contributed by atoms with Crippen molar-refractivity contribution in [2.45, 2.75) is 26.8 Å². The van der Waals surface area contributed by atoms with Gasteiger partial charge in [-0.1, -0.05) is 30.3 Å². The summed E-state index contributed by atoms with van der Waals surface area (Å²) >= 11 is 1.23. The number of allylic oxidation sites excluding steroid dienone is 2. The van der Waals surface area contributed by atoms with Crippen LogP contribution in [-0.2, 0) is 0 Å². The van der Waals surface area contributed by atoms with E-state index in [1.54, 1.807) is 29.2 Å². The van der Waals surface area contributed by atoms with Crippen LogP contribution in [0.15, 0.2) is 53.7 Å². The summed E-state index contributed by atoms with van der Waals surface area (Å²) in [5.41, 5.74) is 9.53. The number of nitrogens with one attached hydrogen (secondary N) is 1. The number of hydrogen-bond acceptors (Lipinski definition) is 7. The zero-order valence-electron chi connectivity index (χ0n) is 17.8. The molecule has 0 unspecified atom stereocenters. The van der Waals surface area contributed by atoms with Crippen LogP contribution < -0.4 is 11.1 Å². The van der Waals surface area contributed by atoms with Gasteiger partial charge in [-0.05, 0) is 26.8 Å². The van der Waals surface area contributed by atoms with Crippen LogP contribution in [0.1, 0.15) is 42.9 Å². The van der Waals surface area contributed by atoms with Crippen LogP contribution in [0.3, 0.4) is 0 Å². The van der Waals surface area contributed by atoms with Crippen LogP contribution in [0, 0.1) is 11.3 Å². The number of nitrogens with two attached hydrogens (primary N) is 1. The van der Waals surface area contributed by atoms with Crippen LogP contribution in [0.2, 0.25) is 0 Å². The van der Waals surface area contributed by atoms with E-state index in [0.29, 0.717) is 38.8 Å². The Morgan fingerprint density at radius 1 is 1.25 bits per heavy atom. The molecule has 8 nitrogen and oxygen atoms in total. The van der Waals surface area contributed by atoms with Crippen LogP contribution in [-0.4, -0.2) is 25.7 Å². The number of hydrogen-bond donors (Lipinski definition) is 2. The van der Waals surface area contributed by atoms with Gasteiger partial charge in [0.2, 0.25) is 0 Å². The van der Waals surface area contributed by atoms with E-state index in [1.807, 2.05) is 50.2 Å². The van der Waals surface area contributed by atoms with Crippen molar-refractivity contribution in [1.82, 2.24) is 19.7 Å². The fraction of sp³-hybridized carbons (Fsp3) is 0.174. The molecule has 3 N–H and O–H groups in total. The fourth-order valence-corrected chi connectivity index (χ4v) is 4.00. The average molecular weight is 444 g/mol. The minimum atomic E-state index is -0.328. The molecule has 0 spiro atoms. The summed E-state index contributed by atoms with van der Waals surface area (Å²) < 4.78 is 1.80. The number of carbonyl (C=O) groups is 1. The maximum atomic E-state index is 13.3. The predicted octanol–water partition coefficient (Wildman–Crippen LogP) is 4.60. The molecular formula is C23H21N7OS. The van der Waals surface area contributed by atoms with Crippen molar-refractivity contribution in [2.24, 2.45) is 5.73 Å². The Hall–Kier alpha value is -4.03. The first kappa shape index (κ1) is 21.2. The van der Waals surface area contributed by atoms with Gasteiger partial charge in [-0.25, -0.2) is 14.6 Å². The monoisotopic (exact) mass is 443 g/mol. The number of amides is 1. The number of rotatable bonds is 5.